The molecular formula is C19H21F2N5O. The summed E-state index contributed by atoms with van der Waals surface area (Å²) in [6, 6.07) is 7.69. The molecule has 0 saturated heterocycles. The molecule has 2 aromatic heterocycles. The molecule has 27 heavy (non-hydrogen) atoms. The number of fused-ring (bicyclic) bond motifs is 1. The van der Waals surface area contributed by atoms with Gasteiger partial charge in [0.15, 0.2) is 11.6 Å². The highest BCUT2D eigenvalue weighted by Gasteiger charge is 2.22. The summed E-state index contributed by atoms with van der Waals surface area (Å²) in [6.07, 6.45) is 1.69. The number of benzene rings is 1. The Kier molecular flexibility index (Phi) is 4.75. The van der Waals surface area contributed by atoms with E-state index in [1.54, 1.807) is 30.1 Å². The van der Waals surface area contributed by atoms with Crippen LogP contribution < -0.4 is 0 Å². The lowest BCUT2D eigenvalue weighted by Crippen LogP contribution is -2.22. The zero-order chi connectivity index (χ0) is 19.0. The van der Waals surface area contributed by atoms with Crippen molar-refractivity contribution in [2.75, 3.05) is 6.54 Å². The first-order chi connectivity index (χ1) is 13.0. The summed E-state index contributed by atoms with van der Waals surface area (Å²) >= 11 is 0. The molecule has 4 rings (SSSR count). The molecule has 8 heteroatoms. The van der Waals surface area contributed by atoms with E-state index < -0.39 is 17.7 Å². The molecule has 1 aliphatic rings. The number of aliphatic hydroxyl groups is 1. The molecular weight excluding hydrogens is 352 g/mol. The fourth-order valence-electron chi connectivity index (χ4n) is 3.52. The standard InChI is InChI=1S/C19H21F2N5O/c1-24-18(5-6-22-24)19(27)17-10-14-12-25(7-2-8-26(14)23-17)11-13-3-4-15(20)16(21)9-13/h3-6,9-10,19,27H,2,7-8,11-12H2,1H3/t19-/m0/s1. The van der Waals surface area contributed by atoms with Crippen molar-refractivity contribution in [3.05, 3.63) is 70.8 Å². The van der Waals surface area contributed by atoms with E-state index in [-0.39, 0.29) is 0 Å². The average molecular weight is 373 g/mol. The molecule has 0 fully saturated rings. The molecule has 0 bridgehead atoms. The van der Waals surface area contributed by atoms with Gasteiger partial charge >= 0.3 is 0 Å². The average Bonchev–Trinajstić information content (AvgIpc) is 3.19. The largest absolute Gasteiger partial charge is 0.380 e. The molecule has 0 amide bonds. The summed E-state index contributed by atoms with van der Waals surface area (Å²) < 4.78 is 30.1. The van der Waals surface area contributed by atoms with Crippen LogP contribution >= 0.6 is 0 Å². The van der Waals surface area contributed by atoms with E-state index >= 15 is 0 Å². The summed E-state index contributed by atoms with van der Waals surface area (Å²) in [4.78, 5) is 2.17. The molecule has 3 heterocycles. The van der Waals surface area contributed by atoms with E-state index in [0.717, 1.165) is 36.8 Å². The van der Waals surface area contributed by atoms with E-state index in [9.17, 15) is 13.9 Å². The van der Waals surface area contributed by atoms with Crippen LogP contribution in [-0.2, 0) is 26.7 Å². The van der Waals surface area contributed by atoms with Crippen molar-refractivity contribution >= 4 is 0 Å². The molecule has 1 atom stereocenters. The maximum Gasteiger partial charge on any atom is 0.159 e. The van der Waals surface area contributed by atoms with Crippen molar-refractivity contribution in [2.45, 2.75) is 32.2 Å². The SMILES string of the molecule is Cn1nccc1[C@@H](O)c1cc2n(n1)CCCN(Cc1ccc(F)c(F)c1)C2. The second kappa shape index (κ2) is 7.21. The Hall–Kier alpha value is -2.58. The molecule has 0 aliphatic carbocycles. The topological polar surface area (TPSA) is 59.1 Å². The lowest BCUT2D eigenvalue weighted by atomic mass is 10.1. The van der Waals surface area contributed by atoms with E-state index in [2.05, 4.69) is 15.1 Å². The van der Waals surface area contributed by atoms with Crippen LogP contribution in [0.25, 0.3) is 0 Å². The van der Waals surface area contributed by atoms with Crippen LogP contribution in [0.3, 0.4) is 0 Å². The third-order valence-electron chi connectivity index (χ3n) is 4.92. The first-order valence-electron chi connectivity index (χ1n) is 8.90. The van der Waals surface area contributed by atoms with Gasteiger partial charge in [-0.3, -0.25) is 14.3 Å². The third kappa shape index (κ3) is 3.63. The molecule has 0 spiro atoms. The summed E-state index contributed by atoms with van der Waals surface area (Å²) in [6.45, 7) is 2.75. The van der Waals surface area contributed by atoms with Crippen molar-refractivity contribution in [1.29, 1.82) is 0 Å². The zero-order valence-electron chi connectivity index (χ0n) is 15.0. The van der Waals surface area contributed by atoms with Gasteiger partial charge in [-0.05, 0) is 36.2 Å². The van der Waals surface area contributed by atoms with E-state index in [4.69, 9.17) is 0 Å². The molecule has 6 nitrogen and oxygen atoms in total. The Morgan fingerprint density at radius 3 is 2.74 bits per heavy atom. The van der Waals surface area contributed by atoms with Gasteiger partial charge < -0.3 is 5.11 Å². The molecule has 1 aromatic carbocycles. The Morgan fingerprint density at radius 1 is 1.15 bits per heavy atom. The number of hydrogen-bond donors (Lipinski definition) is 1. The van der Waals surface area contributed by atoms with Gasteiger partial charge in [-0.15, -0.1) is 0 Å². The van der Waals surface area contributed by atoms with Crippen molar-refractivity contribution in [2.24, 2.45) is 7.05 Å². The van der Waals surface area contributed by atoms with Crippen LogP contribution in [0.15, 0.2) is 36.5 Å². The number of halogens is 2. The maximum atomic E-state index is 13.5. The molecule has 3 aromatic rings. The van der Waals surface area contributed by atoms with Crippen LogP contribution in [0.4, 0.5) is 8.78 Å². The van der Waals surface area contributed by atoms with Gasteiger partial charge in [0.25, 0.3) is 0 Å². The first kappa shape index (κ1) is 17.8. The quantitative estimate of drug-likeness (QED) is 0.763. The third-order valence-corrected chi connectivity index (χ3v) is 4.92. The van der Waals surface area contributed by atoms with Gasteiger partial charge in [-0.2, -0.15) is 10.2 Å². The van der Waals surface area contributed by atoms with Crippen LogP contribution in [0, 0.1) is 11.6 Å². The van der Waals surface area contributed by atoms with Gasteiger partial charge in [0.2, 0.25) is 0 Å². The lowest BCUT2D eigenvalue weighted by Gasteiger charge is -2.19. The summed E-state index contributed by atoms with van der Waals surface area (Å²) in [5.74, 6) is -1.66. The normalized spacial score (nSPS) is 16.1. The number of hydrogen-bond acceptors (Lipinski definition) is 4. The van der Waals surface area contributed by atoms with E-state index in [0.29, 0.717) is 24.5 Å². The van der Waals surface area contributed by atoms with Crippen LogP contribution in [-0.4, -0.2) is 36.1 Å². The highest BCUT2D eigenvalue weighted by Crippen LogP contribution is 2.24. The monoisotopic (exact) mass is 373 g/mol. The van der Waals surface area contributed by atoms with Gasteiger partial charge in [0.05, 0.1) is 17.1 Å². The highest BCUT2D eigenvalue weighted by atomic mass is 19.2. The van der Waals surface area contributed by atoms with Crippen molar-refractivity contribution in [3.8, 4) is 0 Å². The Morgan fingerprint density at radius 2 is 2.00 bits per heavy atom. The van der Waals surface area contributed by atoms with Crippen LogP contribution in [0.5, 0.6) is 0 Å². The smallest absolute Gasteiger partial charge is 0.159 e. The first-order valence-corrected chi connectivity index (χ1v) is 8.90. The van der Waals surface area contributed by atoms with Gasteiger partial charge in [-0.1, -0.05) is 6.07 Å². The fourth-order valence-corrected chi connectivity index (χ4v) is 3.52. The lowest BCUT2D eigenvalue weighted by molar-refractivity contribution is 0.203. The molecule has 0 radical (unpaired) electrons. The van der Waals surface area contributed by atoms with E-state index in [1.807, 2.05) is 10.7 Å². The number of aliphatic hydroxyl groups excluding tert-OH is 1. The van der Waals surface area contributed by atoms with Crippen LogP contribution in [0.1, 0.15) is 35.2 Å². The molecule has 142 valence electrons. The van der Waals surface area contributed by atoms with Crippen molar-refractivity contribution in [3.63, 3.8) is 0 Å². The minimum atomic E-state index is -0.837. The summed E-state index contributed by atoms with van der Waals surface area (Å²) in [5, 5.41) is 19.3. The van der Waals surface area contributed by atoms with Crippen molar-refractivity contribution in [1.82, 2.24) is 24.5 Å². The fraction of sp³-hybridized carbons (Fsp3) is 0.368. The Labute approximate surface area is 155 Å². The highest BCUT2D eigenvalue weighted by molar-refractivity contribution is 5.22. The molecule has 0 unspecified atom stereocenters. The summed E-state index contributed by atoms with van der Waals surface area (Å²) in [7, 11) is 1.78. The van der Waals surface area contributed by atoms with Crippen LogP contribution in [0.2, 0.25) is 0 Å². The number of aromatic nitrogens is 4. The number of rotatable bonds is 4. The van der Waals surface area contributed by atoms with Gasteiger partial charge in [0, 0.05) is 39.4 Å². The van der Waals surface area contributed by atoms with Crippen molar-refractivity contribution < 1.29 is 13.9 Å². The zero-order valence-corrected chi connectivity index (χ0v) is 15.0. The number of nitrogens with zero attached hydrogens (tertiary/aromatic N) is 5. The molecule has 1 aliphatic heterocycles. The molecule has 1 N–H and O–H groups in total. The number of aryl methyl sites for hydroxylation is 2. The van der Waals surface area contributed by atoms with E-state index in [1.165, 1.54) is 6.07 Å². The predicted molar refractivity (Wildman–Crippen MR) is 94.6 cm³/mol. The Bertz CT molecular complexity index is 951. The second-order valence-corrected chi connectivity index (χ2v) is 6.88. The predicted octanol–water partition coefficient (Wildman–Crippen LogP) is 2.38. The van der Waals surface area contributed by atoms with Gasteiger partial charge in [0.1, 0.15) is 6.10 Å². The molecule has 0 saturated carbocycles. The Balaban J connectivity index is 1.52. The maximum absolute atomic E-state index is 13.5. The minimum Gasteiger partial charge on any atom is -0.380 e. The van der Waals surface area contributed by atoms with Gasteiger partial charge in [-0.25, -0.2) is 8.78 Å². The second-order valence-electron chi connectivity index (χ2n) is 6.88. The summed E-state index contributed by atoms with van der Waals surface area (Å²) in [5.41, 5.74) is 2.99. The minimum absolute atomic E-state index is 0.530.